The highest BCUT2D eigenvalue weighted by Gasteiger charge is 2.40. The average Bonchev–Trinajstić information content (AvgIpc) is 2.02. The first-order valence-electron chi connectivity index (χ1n) is 4.12. The molecule has 2 unspecified atom stereocenters. The Kier molecular flexibility index (Phi) is 3.06. The molecule has 0 bridgehead atoms. The van der Waals surface area contributed by atoms with Crippen LogP contribution in [0.25, 0.3) is 0 Å². The van der Waals surface area contributed by atoms with Crippen LogP contribution >= 0.6 is 0 Å². The van der Waals surface area contributed by atoms with Gasteiger partial charge in [-0.3, -0.25) is 0 Å². The van der Waals surface area contributed by atoms with Gasteiger partial charge >= 0.3 is 0 Å². The van der Waals surface area contributed by atoms with Gasteiger partial charge in [-0.05, 0) is 13.8 Å². The van der Waals surface area contributed by atoms with Crippen LogP contribution in [0.15, 0.2) is 0 Å². The van der Waals surface area contributed by atoms with Crippen molar-refractivity contribution in [3.8, 4) is 0 Å². The summed E-state index contributed by atoms with van der Waals surface area (Å²) in [7, 11) is 1.47. The normalized spacial score (nSPS) is 49.2. The van der Waals surface area contributed by atoms with Crippen molar-refractivity contribution in [2.24, 2.45) is 0 Å². The maximum absolute atomic E-state index is 9.52. The predicted octanol–water partition coefficient (Wildman–Crippen LogP) is -0.470. The van der Waals surface area contributed by atoms with Gasteiger partial charge in [0.15, 0.2) is 0 Å². The average molecular weight is 176 g/mol. The molecule has 0 aromatic heterocycles. The molecule has 0 aliphatic carbocycles. The van der Waals surface area contributed by atoms with Gasteiger partial charge in [-0.15, -0.1) is 0 Å². The molecule has 1 fully saturated rings. The van der Waals surface area contributed by atoms with Crippen LogP contribution in [0.5, 0.6) is 0 Å². The summed E-state index contributed by atoms with van der Waals surface area (Å²) in [5.74, 6) is 0. The quantitative estimate of drug-likeness (QED) is 0.567. The largest absolute Gasteiger partial charge is 0.388 e. The first-order valence-corrected chi connectivity index (χ1v) is 4.12. The molecule has 1 heterocycles. The number of aliphatic hydroxyl groups excluding tert-OH is 2. The lowest BCUT2D eigenvalue weighted by Crippen LogP contribution is -2.56. The second-order valence-corrected chi connectivity index (χ2v) is 3.23. The molecule has 0 amide bonds. The lowest BCUT2D eigenvalue weighted by molar-refractivity contribution is -0.219. The van der Waals surface area contributed by atoms with Crippen molar-refractivity contribution < 1.29 is 19.7 Å². The Labute approximate surface area is 72.1 Å². The zero-order chi connectivity index (χ0) is 9.30. The maximum atomic E-state index is 9.52. The van der Waals surface area contributed by atoms with E-state index in [9.17, 15) is 10.2 Å². The third-order valence-corrected chi connectivity index (χ3v) is 2.34. The summed E-state index contributed by atoms with van der Waals surface area (Å²) in [4.78, 5) is 0. The Bertz CT molecular complexity index is 136. The van der Waals surface area contributed by atoms with E-state index in [4.69, 9.17) is 9.47 Å². The Hall–Kier alpha value is -0.160. The van der Waals surface area contributed by atoms with Crippen molar-refractivity contribution >= 4 is 0 Å². The summed E-state index contributed by atoms with van der Waals surface area (Å²) in [6.07, 6.45) is -2.60. The summed E-state index contributed by atoms with van der Waals surface area (Å²) >= 11 is 0. The van der Waals surface area contributed by atoms with Crippen molar-refractivity contribution in [3.63, 3.8) is 0 Å². The molecule has 5 atom stereocenters. The van der Waals surface area contributed by atoms with Crippen LogP contribution in [-0.2, 0) is 9.47 Å². The monoisotopic (exact) mass is 176 g/mol. The van der Waals surface area contributed by atoms with Gasteiger partial charge in [0.1, 0.15) is 18.3 Å². The van der Waals surface area contributed by atoms with Crippen molar-refractivity contribution in [2.45, 2.75) is 44.4 Å². The van der Waals surface area contributed by atoms with Crippen LogP contribution in [0.1, 0.15) is 13.8 Å². The van der Waals surface area contributed by atoms with Gasteiger partial charge in [0.2, 0.25) is 0 Å². The molecular weight excluding hydrogens is 160 g/mol. The molecule has 1 aliphatic rings. The van der Waals surface area contributed by atoms with E-state index in [0.29, 0.717) is 0 Å². The Morgan fingerprint density at radius 3 is 1.83 bits per heavy atom. The van der Waals surface area contributed by atoms with Crippen LogP contribution in [0.2, 0.25) is 0 Å². The number of methoxy groups -OCH3 is 1. The fraction of sp³-hybridized carbons (Fsp3) is 1.00. The smallest absolute Gasteiger partial charge is 0.114 e. The standard InChI is InChI=1S/C8H16O4/c1-4-6(9)8(11-3)7(10)5(2)12-4/h4-10H,1-3H3/t4-,5?,6-,7+,8?/m1/s1. The van der Waals surface area contributed by atoms with Crippen LogP contribution < -0.4 is 0 Å². The molecular formula is C8H16O4. The van der Waals surface area contributed by atoms with Crippen LogP contribution in [0, 0.1) is 0 Å². The van der Waals surface area contributed by atoms with Gasteiger partial charge in [0.05, 0.1) is 12.2 Å². The summed E-state index contributed by atoms with van der Waals surface area (Å²) in [5, 5.41) is 19.0. The number of hydrogen-bond acceptors (Lipinski definition) is 4. The van der Waals surface area contributed by atoms with Crippen molar-refractivity contribution in [1.82, 2.24) is 0 Å². The van der Waals surface area contributed by atoms with Crippen LogP contribution in [0.4, 0.5) is 0 Å². The highest BCUT2D eigenvalue weighted by Crippen LogP contribution is 2.22. The van der Waals surface area contributed by atoms with E-state index >= 15 is 0 Å². The molecule has 1 aliphatic heterocycles. The molecule has 0 aromatic carbocycles. The zero-order valence-corrected chi connectivity index (χ0v) is 7.60. The topological polar surface area (TPSA) is 58.9 Å². The van der Waals surface area contributed by atoms with Crippen LogP contribution in [0.3, 0.4) is 0 Å². The van der Waals surface area contributed by atoms with Gasteiger partial charge in [0.25, 0.3) is 0 Å². The molecule has 0 radical (unpaired) electrons. The second kappa shape index (κ2) is 3.70. The fourth-order valence-corrected chi connectivity index (χ4v) is 1.51. The Morgan fingerprint density at radius 2 is 1.50 bits per heavy atom. The first kappa shape index (κ1) is 9.92. The Balaban J connectivity index is 2.67. The number of hydrogen-bond donors (Lipinski definition) is 2. The molecule has 12 heavy (non-hydrogen) atoms. The zero-order valence-electron chi connectivity index (χ0n) is 7.60. The van der Waals surface area contributed by atoms with E-state index < -0.39 is 18.3 Å². The molecule has 4 nitrogen and oxygen atoms in total. The van der Waals surface area contributed by atoms with E-state index in [-0.39, 0.29) is 12.2 Å². The molecule has 4 heteroatoms. The SMILES string of the molecule is COC1[C@@H](O)C(C)O[C@H](C)[C@H]1O. The van der Waals surface area contributed by atoms with E-state index in [2.05, 4.69) is 0 Å². The molecule has 2 N–H and O–H groups in total. The van der Waals surface area contributed by atoms with E-state index in [1.807, 2.05) is 0 Å². The van der Waals surface area contributed by atoms with Gasteiger partial charge in [-0.25, -0.2) is 0 Å². The summed E-state index contributed by atoms with van der Waals surface area (Å²) in [5.41, 5.74) is 0. The van der Waals surface area contributed by atoms with E-state index in [0.717, 1.165) is 0 Å². The summed E-state index contributed by atoms with van der Waals surface area (Å²) < 4.78 is 10.2. The second-order valence-electron chi connectivity index (χ2n) is 3.23. The minimum absolute atomic E-state index is 0.284. The number of ether oxygens (including phenoxy) is 2. The predicted molar refractivity (Wildman–Crippen MR) is 42.8 cm³/mol. The maximum Gasteiger partial charge on any atom is 0.114 e. The minimum Gasteiger partial charge on any atom is -0.388 e. The molecule has 0 saturated carbocycles. The lowest BCUT2D eigenvalue weighted by atomic mass is 9.96. The molecule has 1 saturated heterocycles. The van der Waals surface area contributed by atoms with Gasteiger partial charge < -0.3 is 19.7 Å². The summed E-state index contributed by atoms with van der Waals surface area (Å²) in [6.45, 7) is 3.53. The third kappa shape index (κ3) is 1.61. The summed E-state index contributed by atoms with van der Waals surface area (Å²) in [6, 6.07) is 0. The number of aliphatic hydroxyl groups is 2. The lowest BCUT2D eigenvalue weighted by Gasteiger charge is -2.39. The van der Waals surface area contributed by atoms with Crippen molar-refractivity contribution in [2.75, 3.05) is 7.11 Å². The van der Waals surface area contributed by atoms with E-state index in [1.165, 1.54) is 7.11 Å². The fourth-order valence-electron chi connectivity index (χ4n) is 1.51. The highest BCUT2D eigenvalue weighted by molar-refractivity contribution is 4.89. The third-order valence-electron chi connectivity index (χ3n) is 2.34. The minimum atomic E-state index is -0.749. The first-order chi connectivity index (χ1) is 5.57. The number of rotatable bonds is 1. The molecule has 0 aromatic rings. The van der Waals surface area contributed by atoms with Crippen molar-refractivity contribution in [1.29, 1.82) is 0 Å². The highest BCUT2D eigenvalue weighted by atomic mass is 16.6. The van der Waals surface area contributed by atoms with Gasteiger partial charge in [0, 0.05) is 7.11 Å². The molecule has 1 rings (SSSR count). The van der Waals surface area contributed by atoms with Crippen LogP contribution in [-0.4, -0.2) is 47.8 Å². The Morgan fingerprint density at radius 1 is 1.08 bits per heavy atom. The molecule has 0 spiro atoms. The van der Waals surface area contributed by atoms with Gasteiger partial charge in [-0.2, -0.15) is 0 Å². The van der Waals surface area contributed by atoms with Gasteiger partial charge in [-0.1, -0.05) is 0 Å². The molecule has 72 valence electrons. The van der Waals surface area contributed by atoms with Crippen molar-refractivity contribution in [3.05, 3.63) is 0 Å². The van der Waals surface area contributed by atoms with E-state index in [1.54, 1.807) is 13.8 Å².